The first-order valence-corrected chi connectivity index (χ1v) is 7.88. The fourth-order valence-electron chi connectivity index (χ4n) is 3.93. The zero-order chi connectivity index (χ0) is 15.7. The van der Waals surface area contributed by atoms with Crippen molar-refractivity contribution in [3.63, 3.8) is 0 Å². The second-order valence-electron chi connectivity index (χ2n) is 6.46. The Hall–Kier alpha value is -1.65. The number of halogens is 2. The molecule has 2 aliphatic rings. The van der Waals surface area contributed by atoms with Gasteiger partial charge in [0.1, 0.15) is 5.75 Å². The second kappa shape index (κ2) is 6.23. The summed E-state index contributed by atoms with van der Waals surface area (Å²) in [7, 11) is 0. The van der Waals surface area contributed by atoms with Crippen LogP contribution >= 0.6 is 0 Å². The van der Waals surface area contributed by atoms with E-state index in [-0.39, 0.29) is 23.6 Å². The number of ether oxygens (including phenoxy) is 1. The van der Waals surface area contributed by atoms with Gasteiger partial charge in [-0.05, 0) is 55.7 Å². The van der Waals surface area contributed by atoms with Crippen molar-refractivity contribution in [3.8, 4) is 5.75 Å². The van der Waals surface area contributed by atoms with Crippen molar-refractivity contribution in [2.24, 2.45) is 17.8 Å². The van der Waals surface area contributed by atoms with E-state index in [2.05, 4.69) is 10.1 Å². The maximum absolute atomic E-state index is 12.4. The molecule has 22 heavy (non-hydrogen) atoms. The molecule has 2 aliphatic carbocycles. The van der Waals surface area contributed by atoms with E-state index in [0.717, 1.165) is 24.3 Å². The molecule has 3 rings (SSSR count). The van der Waals surface area contributed by atoms with Crippen LogP contribution in [-0.2, 0) is 4.79 Å². The molecule has 0 radical (unpaired) electrons. The van der Waals surface area contributed by atoms with Crippen molar-refractivity contribution in [2.75, 3.05) is 0 Å². The van der Waals surface area contributed by atoms with Gasteiger partial charge in [-0.2, -0.15) is 8.78 Å². The molecule has 2 bridgehead atoms. The normalized spacial score (nSPS) is 27.9. The van der Waals surface area contributed by atoms with Gasteiger partial charge in [0.05, 0.1) is 6.04 Å². The predicted octanol–water partition coefficient (Wildman–Crippen LogP) is 3.90. The van der Waals surface area contributed by atoms with Crippen LogP contribution in [0.25, 0.3) is 0 Å². The number of hydrogen-bond acceptors (Lipinski definition) is 2. The van der Waals surface area contributed by atoms with Crippen molar-refractivity contribution < 1.29 is 18.3 Å². The molecule has 2 fully saturated rings. The Morgan fingerprint density at radius 3 is 2.77 bits per heavy atom. The maximum atomic E-state index is 12.4. The summed E-state index contributed by atoms with van der Waals surface area (Å²) in [5.41, 5.74) is 0.773. The maximum Gasteiger partial charge on any atom is 0.387 e. The van der Waals surface area contributed by atoms with Gasteiger partial charge in [0.2, 0.25) is 5.91 Å². The molecule has 120 valence electrons. The molecule has 1 amide bonds. The molecule has 0 aromatic heterocycles. The number of alkyl halides is 2. The number of carbonyl (C=O) groups is 1. The van der Waals surface area contributed by atoms with Gasteiger partial charge in [0.15, 0.2) is 0 Å². The van der Waals surface area contributed by atoms with Crippen LogP contribution in [-0.4, -0.2) is 12.5 Å². The van der Waals surface area contributed by atoms with Gasteiger partial charge in [0.25, 0.3) is 0 Å². The van der Waals surface area contributed by atoms with E-state index in [0.29, 0.717) is 5.92 Å². The van der Waals surface area contributed by atoms with Gasteiger partial charge in [-0.25, -0.2) is 0 Å². The summed E-state index contributed by atoms with van der Waals surface area (Å²) in [5, 5.41) is 3.02. The molecule has 1 aromatic rings. The number of fused-ring (bicyclic) bond motifs is 2. The summed E-state index contributed by atoms with van der Waals surface area (Å²) in [6.07, 6.45) is 4.60. The Kier molecular flexibility index (Phi) is 4.32. The number of hydrogen-bond donors (Lipinski definition) is 1. The summed E-state index contributed by atoms with van der Waals surface area (Å²) < 4.78 is 28.9. The van der Waals surface area contributed by atoms with Crippen molar-refractivity contribution in [1.82, 2.24) is 5.32 Å². The molecular weight excluding hydrogens is 288 g/mol. The largest absolute Gasteiger partial charge is 0.435 e. The Morgan fingerprint density at radius 1 is 1.32 bits per heavy atom. The van der Waals surface area contributed by atoms with Crippen LogP contribution in [0.2, 0.25) is 0 Å². The topological polar surface area (TPSA) is 38.3 Å². The Bertz CT molecular complexity index is 549. The molecule has 1 N–H and O–H groups in total. The minimum absolute atomic E-state index is 0.0971. The first-order chi connectivity index (χ1) is 10.5. The number of carbonyl (C=O) groups excluding carboxylic acids is 1. The van der Waals surface area contributed by atoms with Crippen LogP contribution in [0.5, 0.6) is 5.75 Å². The minimum Gasteiger partial charge on any atom is -0.435 e. The molecular formula is C17H21F2NO2. The molecule has 0 aliphatic heterocycles. The van der Waals surface area contributed by atoms with Crippen LogP contribution in [0.1, 0.15) is 44.2 Å². The Labute approximate surface area is 129 Å². The van der Waals surface area contributed by atoms with E-state index in [1.165, 1.54) is 18.9 Å². The fourth-order valence-corrected chi connectivity index (χ4v) is 3.93. The quantitative estimate of drug-likeness (QED) is 0.896. The lowest BCUT2D eigenvalue weighted by Crippen LogP contribution is -2.35. The lowest BCUT2D eigenvalue weighted by Gasteiger charge is -2.23. The van der Waals surface area contributed by atoms with E-state index in [1.54, 1.807) is 12.1 Å². The van der Waals surface area contributed by atoms with Gasteiger partial charge in [-0.15, -0.1) is 0 Å². The van der Waals surface area contributed by atoms with Crippen molar-refractivity contribution in [2.45, 2.75) is 45.3 Å². The van der Waals surface area contributed by atoms with Crippen LogP contribution in [0, 0.1) is 17.8 Å². The number of benzene rings is 1. The van der Waals surface area contributed by atoms with Crippen LogP contribution in [0.15, 0.2) is 24.3 Å². The van der Waals surface area contributed by atoms with Gasteiger partial charge in [-0.1, -0.05) is 18.6 Å². The van der Waals surface area contributed by atoms with Crippen LogP contribution < -0.4 is 10.1 Å². The Morgan fingerprint density at radius 2 is 2.14 bits per heavy atom. The van der Waals surface area contributed by atoms with Gasteiger partial charge < -0.3 is 10.1 Å². The molecule has 0 unspecified atom stereocenters. The van der Waals surface area contributed by atoms with Gasteiger partial charge in [0, 0.05) is 5.92 Å². The Balaban J connectivity index is 1.61. The third-order valence-electron chi connectivity index (χ3n) is 5.02. The molecule has 5 heteroatoms. The zero-order valence-corrected chi connectivity index (χ0v) is 12.6. The van der Waals surface area contributed by atoms with Gasteiger partial charge >= 0.3 is 6.61 Å². The third-order valence-corrected chi connectivity index (χ3v) is 5.02. The first kappa shape index (κ1) is 15.3. The summed E-state index contributed by atoms with van der Waals surface area (Å²) in [4.78, 5) is 12.4. The third kappa shape index (κ3) is 3.23. The fraction of sp³-hybridized carbons (Fsp3) is 0.588. The molecule has 3 nitrogen and oxygen atoms in total. The average molecular weight is 309 g/mol. The highest BCUT2D eigenvalue weighted by molar-refractivity contribution is 5.80. The lowest BCUT2D eigenvalue weighted by atomic mass is 9.88. The highest BCUT2D eigenvalue weighted by atomic mass is 19.3. The van der Waals surface area contributed by atoms with Crippen LogP contribution in [0.3, 0.4) is 0 Å². The minimum atomic E-state index is -2.84. The SMILES string of the molecule is C[C@@H](NC(=O)[C@@H]1C[C@H]2CC[C@H]1C2)c1cccc(OC(F)F)c1. The van der Waals surface area contributed by atoms with E-state index in [1.807, 2.05) is 13.0 Å². The summed E-state index contributed by atoms with van der Waals surface area (Å²) in [6.45, 7) is -0.971. The van der Waals surface area contributed by atoms with Crippen LogP contribution in [0.4, 0.5) is 8.78 Å². The van der Waals surface area contributed by atoms with Crippen molar-refractivity contribution in [1.29, 1.82) is 0 Å². The highest BCUT2D eigenvalue weighted by Gasteiger charge is 2.43. The van der Waals surface area contributed by atoms with Crippen molar-refractivity contribution in [3.05, 3.63) is 29.8 Å². The number of amides is 1. The lowest BCUT2D eigenvalue weighted by molar-refractivity contribution is -0.127. The molecule has 4 atom stereocenters. The average Bonchev–Trinajstić information content (AvgIpc) is 3.09. The summed E-state index contributed by atoms with van der Waals surface area (Å²) in [5.74, 6) is 1.60. The standard InChI is InChI=1S/C17H21F2NO2/c1-10(12-3-2-4-14(9-12)22-17(18)19)20-16(21)15-8-11-5-6-13(15)7-11/h2-4,9-11,13,15,17H,5-8H2,1H3,(H,20,21)/t10-,11+,13+,15-/m1/s1. The van der Waals surface area contributed by atoms with E-state index < -0.39 is 6.61 Å². The number of nitrogens with one attached hydrogen (secondary N) is 1. The number of rotatable bonds is 5. The van der Waals surface area contributed by atoms with Crippen molar-refractivity contribution >= 4 is 5.91 Å². The molecule has 0 heterocycles. The monoisotopic (exact) mass is 309 g/mol. The first-order valence-electron chi connectivity index (χ1n) is 7.88. The zero-order valence-electron chi connectivity index (χ0n) is 12.6. The highest BCUT2D eigenvalue weighted by Crippen LogP contribution is 2.48. The smallest absolute Gasteiger partial charge is 0.387 e. The summed E-state index contributed by atoms with van der Waals surface area (Å²) >= 11 is 0. The van der Waals surface area contributed by atoms with Gasteiger partial charge in [-0.3, -0.25) is 4.79 Å². The predicted molar refractivity (Wildman–Crippen MR) is 78.6 cm³/mol. The van der Waals surface area contributed by atoms with E-state index in [4.69, 9.17) is 0 Å². The molecule has 1 aromatic carbocycles. The van der Waals surface area contributed by atoms with E-state index >= 15 is 0 Å². The summed E-state index contributed by atoms with van der Waals surface area (Å²) in [6, 6.07) is 6.29. The molecule has 0 spiro atoms. The molecule has 2 saturated carbocycles. The van der Waals surface area contributed by atoms with E-state index in [9.17, 15) is 13.6 Å². The second-order valence-corrected chi connectivity index (χ2v) is 6.46. The molecule has 0 saturated heterocycles.